The molecule has 0 aromatic rings. The maximum absolute atomic E-state index is 13.1. The first kappa shape index (κ1) is 100. The van der Waals surface area contributed by atoms with Gasteiger partial charge < -0.3 is 33.8 Å². The van der Waals surface area contributed by atoms with Gasteiger partial charge in [-0.05, 0) is 116 Å². The summed E-state index contributed by atoms with van der Waals surface area (Å²) in [4.78, 5) is 73.1. The molecule has 0 spiro atoms. The van der Waals surface area contributed by atoms with Crippen molar-refractivity contribution in [3.8, 4) is 0 Å². The molecule has 0 bridgehead atoms. The molecule has 604 valence electrons. The standard InChI is InChI=1S/C85H152O17P2/c1-5-9-13-17-21-25-29-33-37-38-39-40-44-46-50-54-58-62-66-70-83(88)96-76-81(102-85(90)72-68-64-60-56-52-48-43-36-32-28-24-20-16-12-8-4)78-100-104(93,94)98-74-79(86)73-97-103(91,92)99-77-80(101-84(89)71-67-63-59-55-51-47-42-35-31-27-23-19-15-11-7-3)75-95-82(87)69-65-61-57-53-49-45-41-34-30-26-22-18-14-10-6-2/h21,25,27-28,31-33,37,39-40,46,50,58,62,79-81,86H,5-20,22-24,26,29-30,34-36,38,41-45,47-49,51-57,59-61,63-78H2,1-4H3,(H,91,92)(H,93,94)/b25-21-,31-27-,32-28-,37-33-,40-39-,50-46-,62-58-/t79-,80+,81+/m0/s1. The lowest BCUT2D eigenvalue weighted by Gasteiger charge is -2.21. The summed E-state index contributed by atoms with van der Waals surface area (Å²) in [5, 5.41) is 10.7. The van der Waals surface area contributed by atoms with Crippen LogP contribution in [-0.4, -0.2) is 96.7 Å². The summed E-state index contributed by atoms with van der Waals surface area (Å²) in [6.07, 6.45) is 81.3. The number of carbonyl (C=O) groups is 4. The van der Waals surface area contributed by atoms with Crippen LogP contribution in [0.3, 0.4) is 0 Å². The van der Waals surface area contributed by atoms with Crippen LogP contribution in [0.2, 0.25) is 0 Å². The van der Waals surface area contributed by atoms with Gasteiger partial charge in [0.25, 0.3) is 0 Å². The van der Waals surface area contributed by atoms with Crippen molar-refractivity contribution in [3.05, 3.63) is 85.1 Å². The third-order valence-corrected chi connectivity index (χ3v) is 19.7. The number of allylic oxidation sites excluding steroid dienone is 14. The first-order chi connectivity index (χ1) is 50.7. The topological polar surface area (TPSA) is 237 Å². The molecule has 5 atom stereocenters. The zero-order chi connectivity index (χ0) is 76.0. The molecule has 0 saturated carbocycles. The summed E-state index contributed by atoms with van der Waals surface area (Å²) >= 11 is 0. The van der Waals surface area contributed by atoms with Crippen LogP contribution in [0.5, 0.6) is 0 Å². The van der Waals surface area contributed by atoms with Crippen LogP contribution in [0.15, 0.2) is 85.1 Å². The SMILES string of the molecule is CCCCC/C=C\C/C=C\C/C=C\C/C=C\C/C=C\CCC(=O)OC[C@H](COP(=O)(O)OC[C@@H](O)COP(=O)(O)OC[C@@H](COC(=O)CCCCCCCCCCCCCCCCC)OC(=O)CCCCCCCCC/C=C\CCCCCC)OC(=O)CCCCCCCCC/C=C\CCCCCC. The quantitative estimate of drug-likeness (QED) is 0.0169. The Morgan fingerprint density at radius 3 is 0.817 bits per heavy atom. The van der Waals surface area contributed by atoms with Gasteiger partial charge in [-0.15, -0.1) is 0 Å². The Labute approximate surface area is 634 Å². The third kappa shape index (κ3) is 76.4. The predicted molar refractivity (Wildman–Crippen MR) is 427 cm³/mol. The molecule has 19 heteroatoms. The van der Waals surface area contributed by atoms with E-state index in [1.807, 2.05) is 12.2 Å². The van der Waals surface area contributed by atoms with Gasteiger partial charge >= 0.3 is 39.5 Å². The van der Waals surface area contributed by atoms with Crippen LogP contribution in [-0.2, 0) is 65.4 Å². The molecule has 0 aliphatic heterocycles. The van der Waals surface area contributed by atoms with Crippen molar-refractivity contribution in [1.29, 1.82) is 0 Å². The number of phosphoric acid groups is 2. The highest BCUT2D eigenvalue weighted by Gasteiger charge is 2.30. The summed E-state index contributed by atoms with van der Waals surface area (Å²) < 4.78 is 68.6. The van der Waals surface area contributed by atoms with E-state index in [2.05, 4.69) is 101 Å². The smallest absolute Gasteiger partial charge is 0.462 e. The number of aliphatic hydroxyl groups is 1. The van der Waals surface area contributed by atoms with E-state index >= 15 is 0 Å². The molecule has 3 N–H and O–H groups in total. The highest BCUT2D eigenvalue weighted by atomic mass is 31.2. The molecule has 0 saturated heterocycles. The van der Waals surface area contributed by atoms with E-state index < -0.39 is 97.5 Å². The molecule has 0 aromatic heterocycles. The molecule has 0 heterocycles. The Balaban J connectivity index is 5.40. The number of phosphoric ester groups is 2. The Morgan fingerprint density at radius 1 is 0.269 bits per heavy atom. The Hall–Kier alpha value is -3.76. The van der Waals surface area contributed by atoms with Crippen molar-refractivity contribution in [2.45, 2.75) is 393 Å². The van der Waals surface area contributed by atoms with Crippen LogP contribution >= 0.6 is 15.6 Å². The molecule has 17 nitrogen and oxygen atoms in total. The number of esters is 4. The first-order valence-electron chi connectivity index (χ1n) is 41.8. The van der Waals surface area contributed by atoms with Gasteiger partial charge in [-0.2, -0.15) is 0 Å². The van der Waals surface area contributed by atoms with Gasteiger partial charge in [0.1, 0.15) is 19.3 Å². The molecule has 0 amide bonds. The molecule has 0 fully saturated rings. The highest BCUT2D eigenvalue weighted by Crippen LogP contribution is 2.45. The van der Waals surface area contributed by atoms with Crippen LogP contribution < -0.4 is 0 Å². The summed E-state index contributed by atoms with van der Waals surface area (Å²) in [5.41, 5.74) is 0. The second-order valence-electron chi connectivity index (χ2n) is 28.1. The monoisotopic (exact) mass is 1510 g/mol. The van der Waals surface area contributed by atoms with Crippen molar-refractivity contribution < 1.29 is 80.2 Å². The molecule has 0 aliphatic carbocycles. The fourth-order valence-electron chi connectivity index (χ4n) is 11.4. The van der Waals surface area contributed by atoms with Gasteiger partial charge in [0.05, 0.1) is 26.4 Å². The number of hydrogen-bond acceptors (Lipinski definition) is 15. The molecule has 0 aromatic carbocycles. The molecular formula is C85H152O17P2. The van der Waals surface area contributed by atoms with Crippen LogP contribution in [0.1, 0.15) is 374 Å². The van der Waals surface area contributed by atoms with E-state index in [1.54, 1.807) is 0 Å². The average molecular weight is 1510 g/mol. The lowest BCUT2D eigenvalue weighted by molar-refractivity contribution is -0.161. The van der Waals surface area contributed by atoms with Crippen LogP contribution in [0.25, 0.3) is 0 Å². The lowest BCUT2D eigenvalue weighted by atomic mass is 10.0. The minimum absolute atomic E-state index is 0.0391. The Kier molecular flexibility index (Phi) is 74.6. The van der Waals surface area contributed by atoms with Crippen molar-refractivity contribution in [1.82, 2.24) is 0 Å². The fraction of sp³-hybridized carbons (Fsp3) is 0.788. The van der Waals surface area contributed by atoms with E-state index in [9.17, 15) is 43.2 Å². The largest absolute Gasteiger partial charge is 0.472 e. The second-order valence-corrected chi connectivity index (χ2v) is 31.0. The molecule has 0 aliphatic rings. The summed E-state index contributed by atoms with van der Waals surface area (Å²) in [6, 6.07) is 0. The molecule has 0 radical (unpaired) electrons. The summed E-state index contributed by atoms with van der Waals surface area (Å²) in [7, 11) is -9.97. The number of carbonyl (C=O) groups excluding carboxylic acids is 4. The number of ether oxygens (including phenoxy) is 4. The van der Waals surface area contributed by atoms with Crippen molar-refractivity contribution in [2.75, 3.05) is 39.6 Å². The number of unbranched alkanes of at least 4 members (excludes halogenated alkanes) is 39. The number of rotatable bonds is 79. The Morgan fingerprint density at radius 2 is 0.490 bits per heavy atom. The number of hydrogen-bond donors (Lipinski definition) is 3. The van der Waals surface area contributed by atoms with Gasteiger partial charge in [-0.3, -0.25) is 37.3 Å². The Bertz CT molecular complexity index is 2300. The molecule has 0 rings (SSSR count). The minimum Gasteiger partial charge on any atom is -0.462 e. The second kappa shape index (κ2) is 77.4. The van der Waals surface area contributed by atoms with Gasteiger partial charge in [0.2, 0.25) is 0 Å². The summed E-state index contributed by atoms with van der Waals surface area (Å²) in [6.45, 7) is 4.80. The highest BCUT2D eigenvalue weighted by molar-refractivity contribution is 7.47. The van der Waals surface area contributed by atoms with Gasteiger partial charge in [0.15, 0.2) is 12.2 Å². The van der Waals surface area contributed by atoms with E-state index in [0.29, 0.717) is 32.1 Å². The minimum atomic E-state index is -4.99. The van der Waals surface area contributed by atoms with E-state index in [1.165, 1.54) is 141 Å². The van der Waals surface area contributed by atoms with Crippen LogP contribution in [0.4, 0.5) is 0 Å². The van der Waals surface area contributed by atoms with Crippen molar-refractivity contribution >= 4 is 39.5 Å². The first-order valence-corrected chi connectivity index (χ1v) is 44.8. The molecular weight excluding hydrogens is 1350 g/mol. The van der Waals surface area contributed by atoms with Gasteiger partial charge in [-0.1, -0.05) is 318 Å². The zero-order valence-corrected chi connectivity index (χ0v) is 68.0. The summed E-state index contributed by atoms with van der Waals surface area (Å²) in [5.74, 6) is -2.25. The lowest BCUT2D eigenvalue weighted by Crippen LogP contribution is -2.30. The van der Waals surface area contributed by atoms with E-state index in [0.717, 1.165) is 148 Å². The third-order valence-electron chi connectivity index (χ3n) is 17.8. The maximum atomic E-state index is 13.1. The van der Waals surface area contributed by atoms with Gasteiger partial charge in [-0.25, -0.2) is 9.13 Å². The number of aliphatic hydroxyl groups excluding tert-OH is 1. The predicted octanol–water partition coefficient (Wildman–Crippen LogP) is 24.6. The van der Waals surface area contributed by atoms with E-state index in [4.69, 9.17) is 37.0 Å². The van der Waals surface area contributed by atoms with Gasteiger partial charge in [0, 0.05) is 25.7 Å². The van der Waals surface area contributed by atoms with Crippen molar-refractivity contribution in [2.24, 2.45) is 0 Å². The average Bonchev–Trinajstić information content (AvgIpc) is 0.918. The van der Waals surface area contributed by atoms with E-state index in [-0.39, 0.29) is 25.7 Å². The fourth-order valence-corrected chi connectivity index (χ4v) is 13.0. The van der Waals surface area contributed by atoms with Crippen molar-refractivity contribution in [3.63, 3.8) is 0 Å². The zero-order valence-electron chi connectivity index (χ0n) is 66.2. The normalized spacial score (nSPS) is 14.3. The molecule has 2 unspecified atom stereocenters. The molecule has 104 heavy (non-hydrogen) atoms. The maximum Gasteiger partial charge on any atom is 0.472 e. The van der Waals surface area contributed by atoms with Crippen LogP contribution in [0, 0.1) is 0 Å².